The number of fused-ring (bicyclic) bond motifs is 7. The maximum absolute atomic E-state index is 5.20. The Morgan fingerprint density at radius 3 is 1.64 bits per heavy atom. The van der Waals surface area contributed by atoms with Gasteiger partial charge >= 0.3 is 0 Å². The molecular weight excluding hydrogens is 693 g/mol. The summed E-state index contributed by atoms with van der Waals surface area (Å²) in [6.45, 7) is 0. The lowest BCUT2D eigenvalue weighted by molar-refractivity contribution is 1.07. The van der Waals surface area contributed by atoms with Crippen LogP contribution in [-0.2, 0) is 0 Å². The molecule has 3 heterocycles. The highest BCUT2D eigenvalue weighted by atomic mass is 32.1. The number of rotatable bonds is 5. The van der Waals surface area contributed by atoms with E-state index < -0.39 is 0 Å². The molecule has 0 amide bonds. The van der Waals surface area contributed by atoms with E-state index in [9.17, 15) is 0 Å². The highest BCUT2D eigenvalue weighted by molar-refractivity contribution is 7.28. The van der Waals surface area contributed by atoms with E-state index in [-0.39, 0.29) is 0 Å². The van der Waals surface area contributed by atoms with Crippen LogP contribution in [-0.4, -0.2) is 66.6 Å². The Kier molecular flexibility index (Phi) is 8.19. The third kappa shape index (κ3) is 5.56. The van der Waals surface area contributed by atoms with Crippen molar-refractivity contribution in [2.75, 3.05) is 0 Å². The standard InChI is InChI=1S/C45H34B6N4S/c46-28-19-31-35-37(50)38(51)36-32-20-29(47)22-34(49)41(32)56-42(36)40(35)55(39(31)33(48)21-28)30-16-8-15-27(18-30)45-53-43(24-11-5-2-6-12-24)52-44(54-45)26-14-7-13-25(17-26)23-9-3-1-4-10-23/h1-22H,46-51H2. The van der Waals surface area contributed by atoms with Gasteiger partial charge in [0.25, 0.3) is 0 Å². The summed E-state index contributed by atoms with van der Waals surface area (Å²) in [5.41, 5.74) is 16.5. The van der Waals surface area contributed by atoms with Gasteiger partial charge in [0.2, 0.25) is 0 Å². The fourth-order valence-electron chi connectivity index (χ4n) is 8.72. The molecule has 0 aliphatic carbocycles. The van der Waals surface area contributed by atoms with E-state index in [1.54, 1.807) is 0 Å². The smallest absolute Gasteiger partial charge is 0.164 e. The third-order valence-electron chi connectivity index (χ3n) is 11.3. The van der Waals surface area contributed by atoms with Crippen LogP contribution >= 0.6 is 11.3 Å². The molecule has 10 rings (SSSR count). The predicted molar refractivity (Wildman–Crippen MR) is 258 cm³/mol. The quantitative estimate of drug-likeness (QED) is 0.253. The Morgan fingerprint density at radius 1 is 0.411 bits per heavy atom. The van der Waals surface area contributed by atoms with Crippen LogP contribution in [0.4, 0.5) is 0 Å². The van der Waals surface area contributed by atoms with Gasteiger partial charge < -0.3 is 4.57 Å². The first kappa shape index (κ1) is 34.4. The van der Waals surface area contributed by atoms with Crippen LogP contribution in [0.3, 0.4) is 0 Å². The minimum atomic E-state index is 0.638. The fourth-order valence-corrected chi connectivity index (χ4v) is 10.1. The van der Waals surface area contributed by atoms with Crippen LogP contribution in [0.1, 0.15) is 0 Å². The van der Waals surface area contributed by atoms with Crippen LogP contribution in [0.25, 0.3) is 93.0 Å². The lowest BCUT2D eigenvalue weighted by Gasteiger charge is -2.14. The van der Waals surface area contributed by atoms with E-state index in [2.05, 4.69) is 161 Å². The van der Waals surface area contributed by atoms with Gasteiger partial charge in [-0.3, -0.25) is 0 Å². The summed E-state index contributed by atoms with van der Waals surface area (Å²) in [5, 5.41) is 5.34. The second-order valence-electron chi connectivity index (χ2n) is 15.2. The largest absolute Gasteiger partial charge is 0.308 e. The summed E-state index contributed by atoms with van der Waals surface area (Å²) in [6, 6.07) is 47.3. The van der Waals surface area contributed by atoms with Gasteiger partial charge in [-0.15, -0.1) is 11.3 Å². The topological polar surface area (TPSA) is 43.6 Å². The fraction of sp³-hybridized carbons (Fsp3) is 0. The number of nitrogens with zero attached hydrogens (tertiary/aromatic N) is 4. The van der Waals surface area contributed by atoms with Gasteiger partial charge in [0.05, 0.1) is 10.2 Å². The minimum Gasteiger partial charge on any atom is -0.308 e. The summed E-state index contributed by atoms with van der Waals surface area (Å²) in [4.78, 5) is 15.4. The zero-order valence-electron chi connectivity index (χ0n) is 32.4. The molecule has 0 unspecified atom stereocenters. The van der Waals surface area contributed by atoms with Crippen LogP contribution < -0.4 is 32.8 Å². The maximum atomic E-state index is 5.20. The minimum absolute atomic E-state index is 0.638. The zero-order valence-corrected chi connectivity index (χ0v) is 33.2. The van der Waals surface area contributed by atoms with E-state index in [0.717, 1.165) is 33.5 Å². The van der Waals surface area contributed by atoms with Crippen molar-refractivity contribution in [2.24, 2.45) is 0 Å². The lowest BCUT2D eigenvalue weighted by Crippen LogP contribution is -2.27. The molecule has 0 spiro atoms. The summed E-state index contributed by atoms with van der Waals surface area (Å²) in [7, 11) is 13.5. The molecule has 4 nitrogen and oxygen atoms in total. The van der Waals surface area contributed by atoms with E-state index in [4.69, 9.17) is 15.0 Å². The number of thiophene rings is 1. The Morgan fingerprint density at radius 2 is 0.946 bits per heavy atom. The third-order valence-corrected chi connectivity index (χ3v) is 12.7. The van der Waals surface area contributed by atoms with E-state index in [1.807, 2.05) is 35.6 Å². The average Bonchev–Trinajstić information content (AvgIpc) is 3.78. The zero-order chi connectivity index (χ0) is 38.2. The molecule has 11 heteroatoms. The molecular formula is C45H34B6N4S. The van der Waals surface area contributed by atoms with Crippen molar-refractivity contribution < 1.29 is 0 Å². The molecule has 0 aliphatic rings. The second-order valence-corrected chi connectivity index (χ2v) is 16.2. The molecule has 0 radical (unpaired) electrons. The number of hydrogen-bond acceptors (Lipinski definition) is 4. The van der Waals surface area contributed by atoms with Crippen molar-refractivity contribution in [1.29, 1.82) is 0 Å². The summed E-state index contributed by atoms with van der Waals surface area (Å²) in [6.07, 6.45) is 0. The number of aromatic nitrogens is 4. The van der Waals surface area contributed by atoms with Crippen LogP contribution in [0.5, 0.6) is 0 Å². The Hall–Kier alpha value is -6.04. The Bertz CT molecular complexity index is 3220. The van der Waals surface area contributed by atoms with Crippen molar-refractivity contribution >= 4 is 133 Å². The van der Waals surface area contributed by atoms with Crippen molar-refractivity contribution in [3.8, 4) is 51.0 Å². The summed E-state index contributed by atoms with van der Waals surface area (Å²) in [5.74, 6) is 1.93. The van der Waals surface area contributed by atoms with Gasteiger partial charge in [0, 0.05) is 43.4 Å². The molecule has 0 atom stereocenters. The van der Waals surface area contributed by atoms with E-state index in [0.29, 0.717) is 17.5 Å². The Labute approximate surface area is 335 Å². The van der Waals surface area contributed by atoms with Gasteiger partial charge in [-0.1, -0.05) is 148 Å². The predicted octanol–water partition coefficient (Wildman–Crippen LogP) is 1.56. The SMILES string of the molecule is Bc1cc(B)c2sc3c(c(B)c(B)c4c5cc(B)cc(B)c5n(-c5cccc(-c6nc(-c7ccccc7)nc(-c7cccc(-c8ccccc8)c7)n6)c5)c34)c2c1. The van der Waals surface area contributed by atoms with Crippen LogP contribution in [0, 0.1) is 0 Å². The number of hydrogen-bond donors (Lipinski definition) is 0. The first-order valence-corrected chi connectivity index (χ1v) is 20.0. The van der Waals surface area contributed by atoms with E-state index in [1.165, 1.54) is 74.8 Å². The first-order chi connectivity index (χ1) is 27.2. The van der Waals surface area contributed by atoms with Crippen LogP contribution in [0.15, 0.2) is 133 Å². The molecule has 0 fully saturated rings. The molecule has 56 heavy (non-hydrogen) atoms. The van der Waals surface area contributed by atoms with Crippen LogP contribution in [0.2, 0.25) is 0 Å². The van der Waals surface area contributed by atoms with Crippen molar-refractivity contribution in [3.63, 3.8) is 0 Å². The molecule has 10 aromatic rings. The highest BCUT2D eigenvalue weighted by Crippen LogP contribution is 2.41. The summed E-state index contributed by atoms with van der Waals surface area (Å²) < 4.78 is 5.21. The maximum Gasteiger partial charge on any atom is 0.164 e. The van der Waals surface area contributed by atoms with E-state index >= 15 is 0 Å². The van der Waals surface area contributed by atoms with Gasteiger partial charge in [-0.05, 0) is 40.1 Å². The Balaban J connectivity index is 1.24. The van der Waals surface area contributed by atoms with Crippen molar-refractivity contribution in [1.82, 2.24) is 19.5 Å². The van der Waals surface area contributed by atoms with Crippen molar-refractivity contribution in [2.45, 2.75) is 0 Å². The molecule has 7 aromatic carbocycles. The van der Waals surface area contributed by atoms with Gasteiger partial charge in [-0.2, -0.15) is 0 Å². The van der Waals surface area contributed by atoms with Gasteiger partial charge in [-0.25, -0.2) is 15.0 Å². The highest BCUT2D eigenvalue weighted by Gasteiger charge is 2.24. The molecule has 0 aliphatic heterocycles. The molecule has 0 bridgehead atoms. The monoisotopic (exact) mass is 728 g/mol. The van der Waals surface area contributed by atoms with Crippen molar-refractivity contribution in [3.05, 3.63) is 133 Å². The van der Waals surface area contributed by atoms with Gasteiger partial charge in [0.15, 0.2) is 17.5 Å². The normalized spacial score (nSPS) is 11.6. The average molecular weight is 728 g/mol. The molecule has 0 saturated heterocycles. The lowest BCUT2D eigenvalue weighted by atomic mass is 9.74. The first-order valence-electron chi connectivity index (χ1n) is 19.2. The summed E-state index contributed by atoms with van der Waals surface area (Å²) >= 11 is 1.93. The molecule has 0 saturated carbocycles. The second kappa shape index (κ2) is 13.3. The number of benzene rings is 7. The van der Waals surface area contributed by atoms with Gasteiger partial charge in [0.1, 0.15) is 47.1 Å². The molecule has 258 valence electrons. The molecule has 3 aromatic heterocycles. The molecule has 0 N–H and O–H groups in total.